The van der Waals surface area contributed by atoms with Crippen LogP contribution in [0.5, 0.6) is 0 Å². The Morgan fingerprint density at radius 1 is 1.00 bits per heavy atom. The van der Waals surface area contributed by atoms with Crippen LogP contribution in [0.1, 0.15) is 60.3 Å². The van der Waals surface area contributed by atoms with E-state index in [9.17, 15) is 14.4 Å². The third-order valence-corrected chi connectivity index (χ3v) is 5.88. The molecular weight excluding hydrogens is 382 g/mol. The molecule has 2 amide bonds. The topological polar surface area (TPSA) is 89.2 Å². The van der Waals surface area contributed by atoms with Crippen molar-refractivity contribution in [3.8, 4) is 0 Å². The molecule has 2 aromatic rings. The lowest BCUT2D eigenvalue weighted by atomic mass is 10.1. The molecule has 2 aliphatic heterocycles. The Bertz CT molecular complexity index is 971. The van der Waals surface area contributed by atoms with Gasteiger partial charge in [0, 0.05) is 38.2 Å². The Morgan fingerprint density at radius 2 is 1.77 bits per heavy atom. The lowest BCUT2D eigenvalue weighted by Crippen LogP contribution is -2.35. The Balaban J connectivity index is 1.35. The van der Waals surface area contributed by atoms with E-state index in [1.165, 1.54) is 11.1 Å². The quantitative estimate of drug-likeness (QED) is 0.811. The molecule has 1 aromatic carbocycles. The number of nitrogens with one attached hydrogen (secondary N) is 1. The fourth-order valence-corrected chi connectivity index (χ4v) is 4.21. The molecule has 1 aromatic heterocycles. The molecule has 160 valence electrons. The summed E-state index contributed by atoms with van der Waals surface area (Å²) in [5.41, 5.74) is 1.30. The molecule has 3 heterocycles. The zero-order chi connectivity index (χ0) is 20.9. The monoisotopic (exact) mass is 411 g/mol. The largest absolute Gasteiger partial charge is 0.350 e. The number of aryl methyl sites for hydroxylation is 1. The number of carbonyl (C=O) groups is 2. The maximum Gasteiger partial charge on any atom is 0.346 e. The van der Waals surface area contributed by atoms with Gasteiger partial charge in [0.25, 0.3) is 5.91 Å². The van der Waals surface area contributed by atoms with Crippen LogP contribution < -0.4 is 11.0 Å². The third-order valence-electron chi connectivity index (χ3n) is 5.88. The van der Waals surface area contributed by atoms with E-state index < -0.39 is 0 Å². The van der Waals surface area contributed by atoms with Crippen LogP contribution in [-0.4, -0.2) is 44.2 Å². The van der Waals surface area contributed by atoms with Crippen LogP contribution in [0.25, 0.3) is 0 Å². The average molecular weight is 412 g/mol. The van der Waals surface area contributed by atoms with Crippen molar-refractivity contribution in [2.75, 3.05) is 13.1 Å². The molecule has 0 unspecified atom stereocenters. The highest BCUT2D eigenvalue weighted by molar-refractivity contribution is 5.94. The van der Waals surface area contributed by atoms with Gasteiger partial charge in [0.1, 0.15) is 12.4 Å². The number of piperidine rings is 1. The number of carbonyl (C=O) groups excluding carboxylic acids is 2. The Labute approximate surface area is 175 Å². The zero-order valence-electron chi connectivity index (χ0n) is 17.3. The summed E-state index contributed by atoms with van der Waals surface area (Å²) in [5, 5.41) is 7.19. The van der Waals surface area contributed by atoms with Gasteiger partial charge in [-0.25, -0.2) is 9.48 Å². The van der Waals surface area contributed by atoms with Crippen LogP contribution in [0.3, 0.4) is 0 Å². The van der Waals surface area contributed by atoms with Gasteiger partial charge in [-0.2, -0.15) is 5.10 Å². The fraction of sp³-hybridized carbons (Fsp3) is 0.545. The van der Waals surface area contributed by atoms with Crippen molar-refractivity contribution in [3.05, 3.63) is 51.7 Å². The summed E-state index contributed by atoms with van der Waals surface area (Å²) < 4.78 is 2.95. The average Bonchev–Trinajstić information content (AvgIpc) is 2.94. The molecular formula is C22H29N5O3. The smallest absolute Gasteiger partial charge is 0.346 e. The molecule has 0 bridgehead atoms. The highest BCUT2D eigenvalue weighted by Crippen LogP contribution is 2.14. The second-order valence-corrected chi connectivity index (χ2v) is 8.15. The minimum absolute atomic E-state index is 0.0499. The lowest BCUT2D eigenvalue weighted by molar-refractivity contribution is -0.122. The number of fused-ring (bicyclic) bond motifs is 1. The number of rotatable bonds is 5. The molecule has 0 spiro atoms. The van der Waals surface area contributed by atoms with Gasteiger partial charge in [-0.05, 0) is 49.8 Å². The maximum atomic E-state index is 12.7. The van der Waals surface area contributed by atoms with Crippen LogP contribution in [0, 0.1) is 0 Å². The first-order valence-electron chi connectivity index (χ1n) is 10.9. The van der Waals surface area contributed by atoms with E-state index in [4.69, 9.17) is 0 Å². The van der Waals surface area contributed by atoms with Gasteiger partial charge in [-0.15, -0.1) is 0 Å². The number of benzene rings is 1. The summed E-state index contributed by atoms with van der Waals surface area (Å²) in [5.74, 6) is 0.557. The van der Waals surface area contributed by atoms with E-state index in [0.29, 0.717) is 18.7 Å². The number of nitrogens with zero attached hydrogens (tertiary/aromatic N) is 4. The number of likely N-dealkylation sites (tertiary alicyclic amines) is 1. The molecule has 8 nitrogen and oxygen atoms in total. The first-order chi connectivity index (χ1) is 14.6. The second-order valence-electron chi connectivity index (χ2n) is 8.15. The molecule has 0 atom stereocenters. The first kappa shape index (κ1) is 20.4. The van der Waals surface area contributed by atoms with Crippen LogP contribution in [0.4, 0.5) is 0 Å². The lowest BCUT2D eigenvalue weighted by Gasteiger charge is -2.26. The van der Waals surface area contributed by atoms with Crippen molar-refractivity contribution in [1.29, 1.82) is 0 Å². The van der Waals surface area contributed by atoms with Gasteiger partial charge >= 0.3 is 5.69 Å². The van der Waals surface area contributed by atoms with Crippen LogP contribution in [-0.2, 0) is 30.8 Å². The normalized spacial score (nSPS) is 16.6. The first-order valence-corrected chi connectivity index (χ1v) is 10.9. The molecule has 0 saturated carbocycles. The van der Waals surface area contributed by atoms with E-state index >= 15 is 0 Å². The van der Waals surface area contributed by atoms with Crippen molar-refractivity contribution >= 4 is 11.8 Å². The van der Waals surface area contributed by atoms with Gasteiger partial charge < -0.3 is 10.2 Å². The van der Waals surface area contributed by atoms with Crippen LogP contribution in [0.2, 0.25) is 0 Å². The Morgan fingerprint density at radius 3 is 2.60 bits per heavy atom. The minimum atomic E-state index is -0.266. The summed E-state index contributed by atoms with van der Waals surface area (Å²) >= 11 is 0. The summed E-state index contributed by atoms with van der Waals surface area (Å²) in [6.07, 6.45) is 7.16. The molecule has 4 rings (SSSR count). The summed E-state index contributed by atoms with van der Waals surface area (Å²) in [6, 6.07) is 7.39. The number of aromatic nitrogens is 3. The summed E-state index contributed by atoms with van der Waals surface area (Å²) in [4.78, 5) is 39.5. The number of hydrogen-bond acceptors (Lipinski definition) is 4. The van der Waals surface area contributed by atoms with E-state index in [0.717, 1.165) is 63.0 Å². The van der Waals surface area contributed by atoms with Crippen molar-refractivity contribution in [2.24, 2.45) is 0 Å². The number of hydrogen-bond donors (Lipinski definition) is 1. The van der Waals surface area contributed by atoms with Gasteiger partial charge in [0.15, 0.2) is 0 Å². The third kappa shape index (κ3) is 4.63. The van der Waals surface area contributed by atoms with E-state index in [1.807, 2.05) is 29.2 Å². The van der Waals surface area contributed by atoms with E-state index in [-0.39, 0.29) is 24.0 Å². The highest BCUT2D eigenvalue weighted by atomic mass is 16.2. The van der Waals surface area contributed by atoms with Crippen molar-refractivity contribution < 1.29 is 9.59 Å². The SMILES string of the molecule is O=C(Cn1nc2n(c1=O)CCCCC2)NCc1cccc(C(=O)N2CCCCC2)c1. The Hall–Kier alpha value is -2.90. The van der Waals surface area contributed by atoms with Crippen molar-refractivity contribution in [1.82, 2.24) is 24.6 Å². The van der Waals surface area contributed by atoms with Gasteiger partial charge in [0.2, 0.25) is 5.91 Å². The van der Waals surface area contributed by atoms with Crippen LogP contribution >= 0.6 is 0 Å². The fourth-order valence-electron chi connectivity index (χ4n) is 4.21. The van der Waals surface area contributed by atoms with Gasteiger partial charge in [-0.3, -0.25) is 14.2 Å². The standard InChI is InChI=1S/C22H29N5O3/c28-20(16-27-22(30)26-13-6-1-3-10-19(26)24-27)23-15-17-8-7-9-18(14-17)21(29)25-11-4-2-5-12-25/h7-9,14H,1-6,10-13,15-16H2,(H,23,28). The molecule has 0 radical (unpaired) electrons. The van der Waals surface area contributed by atoms with E-state index in [2.05, 4.69) is 10.4 Å². The molecule has 8 heteroatoms. The zero-order valence-corrected chi connectivity index (χ0v) is 17.3. The molecule has 1 saturated heterocycles. The molecule has 1 N–H and O–H groups in total. The van der Waals surface area contributed by atoms with E-state index in [1.54, 1.807) is 4.57 Å². The van der Waals surface area contributed by atoms with Crippen LogP contribution in [0.15, 0.2) is 29.1 Å². The molecule has 1 fully saturated rings. The van der Waals surface area contributed by atoms with Crippen molar-refractivity contribution in [2.45, 2.75) is 64.6 Å². The van der Waals surface area contributed by atoms with Gasteiger partial charge in [0.05, 0.1) is 0 Å². The number of amides is 2. The van der Waals surface area contributed by atoms with Crippen molar-refractivity contribution in [3.63, 3.8) is 0 Å². The maximum absolute atomic E-state index is 12.7. The summed E-state index contributed by atoms with van der Waals surface area (Å²) in [7, 11) is 0. The highest BCUT2D eigenvalue weighted by Gasteiger charge is 2.19. The second kappa shape index (κ2) is 9.28. The summed E-state index contributed by atoms with van der Waals surface area (Å²) in [6.45, 7) is 2.51. The molecule has 30 heavy (non-hydrogen) atoms. The molecule has 0 aliphatic carbocycles. The predicted molar refractivity (Wildman–Crippen MR) is 112 cm³/mol. The van der Waals surface area contributed by atoms with Gasteiger partial charge in [-0.1, -0.05) is 18.6 Å². The predicted octanol–water partition coefficient (Wildman–Crippen LogP) is 1.71. The minimum Gasteiger partial charge on any atom is -0.350 e. The molecule has 2 aliphatic rings. The Kier molecular flexibility index (Phi) is 6.30.